The summed E-state index contributed by atoms with van der Waals surface area (Å²) in [5.41, 5.74) is 0.0886. The van der Waals surface area contributed by atoms with Crippen LogP contribution in [0.4, 0.5) is 4.39 Å². The van der Waals surface area contributed by atoms with Crippen LogP contribution < -0.4 is 4.74 Å². The fourth-order valence-electron chi connectivity index (χ4n) is 0.865. The van der Waals surface area contributed by atoms with E-state index in [2.05, 4.69) is 14.5 Å². The second-order valence-electron chi connectivity index (χ2n) is 2.51. The first-order chi connectivity index (χ1) is 6.63. The molecule has 0 fully saturated rings. The molecule has 0 radical (unpaired) electrons. The topological polar surface area (TPSA) is 48.4 Å². The zero-order valence-corrected chi connectivity index (χ0v) is 7.86. The molecule has 0 aliphatic carbocycles. The molecule has 0 saturated carbocycles. The van der Waals surface area contributed by atoms with Crippen molar-refractivity contribution in [2.45, 2.75) is 13.3 Å². The Morgan fingerprint density at radius 3 is 2.86 bits per heavy atom. The molecule has 0 aliphatic rings. The number of hydrogen-bond donors (Lipinski definition) is 0. The van der Waals surface area contributed by atoms with Crippen LogP contribution in [-0.4, -0.2) is 24.4 Å². The van der Waals surface area contributed by atoms with Gasteiger partial charge in [0.25, 0.3) is 0 Å². The lowest BCUT2D eigenvalue weighted by Gasteiger charge is -2.06. The predicted molar refractivity (Wildman–Crippen MR) is 46.8 cm³/mol. The molecule has 1 atom stereocenters. The fourth-order valence-corrected chi connectivity index (χ4v) is 0.865. The smallest absolute Gasteiger partial charge is 0.356 e. The molecule has 1 unspecified atom stereocenters. The van der Waals surface area contributed by atoms with Crippen molar-refractivity contribution in [2.24, 2.45) is 0 Å². The molecular formula is C9H10FNO3. The highest BCUT2D eigenvalue weighted by Crippen LogP contribution is 2.10. The van der Waals surface area contributed by atoms with Crippen molar-refractivity contribution < 1.29 is 18.7 Å². The number of pyridine rings is 1. The Balaban J connectivity index is 2.84. The van der Waals surface area contributed by atoms with Gasteiger partial charge in [-0.25, -0.2) is 14.2 Å². The van der Waals surface area contributed by atoms with Gasteiger partial charge in [-0.3, -0.25) is 0 Å². The molecule has 0 N–H and O–H groups in total. The summed E-state index contributed by atoms with van der Waals surface area (Å²) in [5.74, 6) is -0.523. The van der Waals surface area contributed by atoms with Gasteiger partial charge in [0.1, 0.15) is 0 Å². The lowest BCUT2D eigenvalue weighted by atomic mass is 10.3. The molecule has 14 heavy (non-hydrogen) atoms. The van der Waals surface area contributed by atoms with Crippen LogP contribution in [0.1, 0.15) is 17.4 Å². The highest BCUT2D eigenvalue weighted by Gasteiger charge is 2.09. The third kappa shape index (κ3) is 2.69. The lowest BCUT2D eigenvalue weighted by Crippen LogP contribution is -2.09. The third-order valence-corrected chi connectivity index (χ3v) is 1.40. The maximum Gasteiger partial charge on any atom is 0.356 e. The van der Waals surface area contributed by atoms with Crippen LogP contribution in [0, 0.1) is 0 Å². The zero-order valence-electron chi connectivity index (χ0n) is 7.86. The number of carbonyl (C=O) groups excluding carboxylic acids is 1. The summed E-state index contributed by atoms with van der Waals surface area (Å²) in [6, 6.07) is 4.46. The van der Waals surface area contributed by atoms with Crippen LogP contribution in [0.15, 0.2) is 18.2 Å². The van der Waals surface area contributed by atoms with Crippen molar-refractivity contribution in [3.63, 3.8) is 0 Å². The van der Waals surface area contributed by atoms with Crippen LogP contribution in [0.2, 0.25) is 0 Å². The van der Waals surface area contributed by atoms with E-state index in [9.17, 15) is 9.18 Å². The Kier molecular flexibility index (Phi) is 3.39. The average molecular weight is 199 g/mol. The summed E-state index contributed by atoms with van der Waals surface area (Å²) in [6.07, 6.45) is -1.46. The van der Waals surface area contributed by atoms with Crippen molar-refractivity contribution in [1.82, 2.24) is 4.98 Å². The van der Waals surface area contributed by atoms with Crippen molar-refractivity contribution in [1.29, 1.82) is 0 Å². The van der Waals surface area contributed by atoms with Crippen LogP contribution in [-0.2, 0) is 4.74 Å². The standard InChI is InChI=1S/C9H10FNO3/c1-6(10)14-8-5-3-4-7(11-8)9(12)13-2/h3-6H,1-2H3. The first-order valence-electron chi connectivity index (χ1n) is 3.99. The summed E-state index contributed by atoms with van der Waals surface area (Å²) in [4.78, 5) is 14.8. The monoisotopic (exact) mass is 199 g/mol. The molecule has 1 aromatic rings. The molecule has 1 aromatic heterocycles. The Hall–Kier alpha value is -1.65. The van der Waals surface area contributed by atoms with Crippen LogP contribution in [0.25, 0.3) is 0 Å². The van der Waals surface area contributed by atoms with E-state index in [1.54, 1.807) is 0 Å². The van der Waals surface area contributed by atoms with Crippen LogP contribution in [0.3, 0.4) is 0 Å². The van der Waals surface area contributed by atoms with Crippen molar-refractivity contribution in [3.8, 4) is 5.88 Å². The van der Waals surface area contributed by atoms with Crippen molar-refractivity contribution in [3.05, 3.63) is 23.9 Å². The second kappa shape index (κ2) is 4.55. The number of alkyl halides is 1. The highest BCUT2D eigenvalue weighted by molar-refractivity contribution is 5.87. The number of aromatic nitrogens is 1. The van der Waals surface area contributed by atoms with Gasteiger partial charge in [-0.05, 0) is 6.07 Å². The maximum absolute atomic E-state index is 12.4. The molecule has 76 valence electrons. The molecule has 0 aliphatic heterocycles. The summed E-state index contributed by atoms with van der Waals surface area (Å²) in [6.45, 7) is 1.23. The minimum atomic E-state index is -1.46. The summed E-state index contributed by atoms with van der Waals surface area (Å²) in [7, 11) is 1.25. The van der Waals surface area contributed by atoms with Crippen molar-refractivity contribution >= 4 is 5.97 Å². The second-order valence-corrected chi connectivity index (χ2v) is 2.51. The molecule has 0 aromatic carbocycles. The molecule has 5 heteroatoms. The number of esters is 1. The summed E-state index contributed by atoms with van der Waals surface area (Å²) in [5, 5.41) is 0. The van der Waals surface area contributed by atoms with E-state index in [-0.39, 0.29) is 11.6 Å². The molecule has 1 rings (SSSR count). The Labute approximate surface area is 80.7 Å². The summed E-state index contributed by atoms with van der Waals surface area (Å²) >= 11 is 0. The average Bonchev–Trinajstić information content (AvgIpc) is 2.16. The SMILES string of the molecule is COC(=O)c1cccc(OC(C)F)n1. The number of ether oxygens (including phenoxy) is 2. The largest absolute Gasteiger partial charge is 0.464 e. The van der Waals surface area contributed by atoms with Crippen LogP contribution in [0.5, 0.6) is 5.88 Å². The fraction of sp³-hybridized carbons (Fsp3) is 0.333. The number of rotatable bonds is 3. The van der Waals surface area contributed by atoms with E-state index in [1.807, 2.05) is 0 Å². The molecule has 0 bridgehead atoms. The minimum absolute atomic E-state index is 0.0582. The first-order valence-corrected chi connectivity index (χ1v) is 3.99. The molecule has 4 nitrogen and oxygen atoms in total. The molecule has 0 saturated heterocycles. The molecule has 0 amide bonds. The van der Waals surface area contributed by atoms with E-state index in [1.165, 1.54) is 32.2 Å². The van der Waals surface area contributed by atoms with Gasteiger partial charge in [0.2, 0.25) is 12.2 Å². The van der Waals surface area contributed by atoms with Crippen LogP contribution >= 0.6 is 0 Å². The van der Waals surface area contributed by atoms with Gasteiger partial charge >= 0.3 is 5.97 Å². The van der Waals surface area contributed by atoms with Gasteiger partial charge in [-0.15, -0.1) is 0 Å². The number of methoxy groups -OCH3 is 1. The van der Waals surface area contributed by atoms with Gasteiger partial charge in [-0.1, -0.05) is 6.07 Å². The maximum atomic E-state index is 12.4. The Morgan fingerprint density at radius 2 is 2.29 bits per heavy atom. The minimum Gasteiger partial charge on any atom is -0.464 e. The Morgan fingerprint density at radius 1 is 1.57 bits per heavy atom. The molecular weight excluding hydrogens is 189 g/mol. The van der Waals surface area contributed by atoms with E-state index >= 15 is 0 Å². The number of nitrogens with zero attached hydrogens (tertiary/aromatic N) is 1. The third-order valence-electron chi connectivity index (χ3n) is 1.40. The molecule has 0 spiro atoms. The van der Waals surface area contributed by atoms with Gasteiger partial charge in [0, 0.05) is 13.0 Å². The van der Waals surface area contributed by atoms with Gasteiger partial charge in [0.05, 0.1) is 7.11 Å². The van der Waals surface area contributed by atoms with Gasteiger partial charge in [0.15, 0.2) is 5.69 Å². The first kappa shape index (κ1) is 10.4. The quantitative estimate of drug-likeness (QED) is 0.693. The summed E-state index contributed by atoms with van der Waals surface area (Å²) < 4.78 is 21.5. The lowest BCUT2D eigenvalue weighted by molar-refractivity contribution is 0.0582. The van der Waals surface area contributed by atoms with E-state index in [0.717, 1.165) is 0 Å². The normalized spacial score (nSPS) is 11.9. The van der Waals surface area contributed by atoms with E-state index < -0.39 is 12.3 Å². The zero-order chi connectivity index (χ0) is 10.6. The number of halogens is 1. The van der Waals surface area contributed by atoms with E-state index in [0.29, 0.717) is 0 Å². The van der Waals surface area contributed by atoms with E-state index in [4.69, 9.17) is 0 Å². The predicted octanol–water partition coefficient (Wildman–Crippen LogP) is 1.56. The van der Waals surface area contributed by atoms with Gasteiger partial charge in [-0.2, -0.15) is 0 Å². The molecule has 1 heterocycles. The van der Waals surface area contributed by atoms with Gasteiger partial charge < -0.3 is 9.47 Å². The number of carbonyl (C=O) groups is 1. The van der Waals surface area contributed by atoms with Crippen molar-refractivity contribution in [2.75, 3.05) is 7.11 Å². The Bertz CT molecular complexity index is 328. The highest BCUT2D eigenvalue weighted by atomic mass is 19.1. The number of hydrogen-bond acceptors (Lipinski definition) is 4.